The standard InChI is InChI=1S/C11H14BrN5O/c1-6(2)17-9(8(12)5-15-17)10(18)7-4-14-16(3)11(7)13/h4-6H,13H2,1-3H3. The molecule has 7 heteroatoms. The molecule has 0 bridgehead atoms. The number of anilines is 1. The molecule has 0 unspecified atom stereocenters. The summed E-state index contributed by atoms with van der Waals surface area (Å²) in [5, 5.41) is 8.16. The fourth-order valence-corrected chi connectivity index (χ4v) is 2.15. The molecule has 96 valence electrons. The maximum Gasteiger partial charge on any atom is 0.217 e. The molecular weight excluding hydrogens is 298 g/mol. The third-order valence-electron chi connectivity index (χ3n) is 2.68. The second-order valence-corrected chi connectivity index (χ2v) is 5.13. The predicted octanol–water partition coefficient (Wildman–Crippen LogP) is 1.77. The highest BCUT2D eigenvalue weighted by atomic mass is 79.9. The van der Waals surface area contributed by atoms with Gasteiger partial charge in [-0.15, -0.1) is 0 Å². The van der Waals surface area contributed by atoms with Crippen LogP contribution in [-0.2, 0) is 7.05 Å². The number of carbonyl (C=O) groups excluding carboxylic acids is 1. The summed E-state index contributed by atoms with van der Waals surface area (Å²) in [6, 6.07) is 0.0909. The summed E-state index contributed by atoms with van der Waals surface area (Å²) in [5.41, 5.74) is 6.70. The van der Waals surface area contributed by atoms with Crippen molar-refractivity contribution >= 4 is 27.5 Å². The summed E-state index contributed by atoms with van der Waals surface area (Å²) in [7, 11) is 1.70. The monoisotopic (exact) mass is 311 g/mol. The van der Waals surface area contributed by atoms with Gasteiger partial charge in [0.05, 0.1) is 22.4 Å². The van der Waals surface area contributed by atoms with Crippen molar-refractivity contribution in [2.24, 2.45) is 7.05 Å². The summed E-state index contributed by atoms with van der Waals surface area (Å²) in [4.78, 5) is 12.5. The number of rotatable bonds is 3. The fraction of sp³-hybridized carbons (Fsp3) is 0.364. The highest BCUT2D eigenvalue weighted by Gasteiger charge is 2.23. The minimum absolute atomic E-state index is 0.0909. The van der Waals surface area contributed by atoms with Gasteiger partial charge in [0.15, 0.2) is 0 Å². The van der Waals surface area contributed by atoms with Crippen LogP contribution in [-0.4, -0.2) is 25.3 Å². The van der Waals surface area contributed by atoms with Crippen LogP contribution in [0.5, 0.6) is 0 Å². The fourth-order valence-electron chi connectivity index (χ4n) is 1.69. The van der Waals surface area contributed by atoms with Crippen LogP contribution in [0.2, 0.25) is 0 Å². The largest absolute Gasteiger partial charge is 0.383 e. The molecule has 0 atom stereocenters. The number of hydrogen-bond acceptors (Lipinski definition) is 4. The second-order valence-electron chi connectivity index (χ2n) is 4.28. The van der Waals surface area contributed by atoms with Crippen molar-refractivity contribution in [1.82, 2.24) is 19.6 Å². The number of ketones is 1. The molecule has 2 heterocycles. The van der Waals surface area contributed by atoms with Gasteiger partial charge in [-0.2, -0.15) is 10.2 Å². The van der Waals surface area contributed by atoms with Gasteiger partial charge in [-0.1, -0.05) is 0 Å². The van der Waals surface area contributed by atoms with Gasteiger partial charge in [-0.3, -0.25) is 14.2 Å². The van der Waals surface area contributed by atoms with Gasteiger partial charge in [0.25, 0.3) is 0 Å². The maximum absolute atomic E-state index is 12.5. The number of halogens is 1. The normalized spacial score (nSPS) is 11.2. The predicted molar refractivity (Wildman–Crippen MR) is 71.4 cm³/mol. The van der Waals surface area contributed by atoms with Gasteiger partial charge in [-0.25, -0.2) is 0 Å². The molecule has 0 radical (unpaired) electrons. The van der Waals surface area contributed by atoms with Crippen molar-refractivity contribution in [1.29, 1.82) is 0 Å². The van der Waals surface area contributed by atoms with Crippen molar-refractivity contribution in [3.63, 3.8) is 0 Å². The van der Waals surface area contributed by atoms with E-state index in [2.05, 4.69) is 26.1 Å². The van der Waals surface area contributed by atoms with Gasteiger partial charge < -0.3 is 5.73 Å². The Hall–Kier alpha value is -1.63. The first-order valence-corrected chi connectivity index (χ1v) is 6.28. The Balaban J connectivity index is 2.53. The first-order valence-electron chi connectivity index (χ1n) is 5.48. The van der Waals surface area contributed by atoms with Crippen molar-refractivity contribution in [3.8, 4) is 0 Å². The third-order valence-corrected chi connectivity index (χ3v) is 3.26. The van der Waals surface area contributed by atoms with E-state index in [1.165, 1.54) is 10.9 Å². The van der Waals surface area contributed by atoms with Crippen LogP contribution in [0.4, 0.5) is 5.82 Å². The lowest BCUT2D eigenvalue weighted by Crippen LogP contribution is -2.15. The molecule has 0 aromatic carbocycles. The summed E-state index contributed by atoms with van der Waals surface area (Å²) in [6.07, 6.45) is 3.08. The molecule has 0 aliphatic heterocycles. The molecule has 0 saturated heterocycles. The van der Waals surface area contributed by atoms with E-state index in [-0.39, 0.29) is 11.8 Å². The summed E-state index contributed by atoms with van der Waals surface area (Å²) in [6.45, 7) is 3.92. The SMILES string of the molecule is CC(C)n1ncc(Br)c1C(=O)c1cnn(C)c1N. The molecule has 0 spiro atoms. The highest BCUT2D eigenvalue weighted by Crippen LogP contribution is 2.24. The van der Waals surface area contributed by atoms with Crippen molar-refractivity contribution in [2.45, 2.75) is 19.9 Å². The summed E-state index contributed by atoms with van der Waals surface area (Å²) in [5.74, 6) is 0.169. The quantitative estimate of drug-likeness (QED) is 0.876. The highest BCUT2D eigenvalue weighted by molar-refractivity contribution is 9.10. The summed E-state index contributed by atoms with van der Waals surface area (Å²) >= 11 is 3.34. The molecule has 0 aliphatic carbocycles. The molecule has 0 saturated carbocycles. The van der Waals surface area contributed by atoms with Gasteiger partial charge >= 0.3 is 0 Å². The Bertz CT molecular complexity index is 599. The van der Waals surface area contributed by atoms with E-state index in [0.717, 1.165) is 0 Å². The molecular formula is C11H14BrN5O. The Morgan fingerprint density at radius 3 is 2.56 bits per heavy atom. The average molecular weight is 312 g/mol. The van der Waals surface area contributed by atoms with E-state index in [0.29, 0.717) is 21.5 Å². The van der Waals surface area contributed by atoms with E-state index in [1.54, 1.807) is 17.9 Å². The minimum atomic E-state index is -0.182. The van der Waals surface area contributed by atoms with Crippen LogP contribution in [0, 0.1) is 0 Å². The molecule has 2 aromatic rings. The molecule has 0 amide bonds. The number of carbonyl (C=O) groups is 1. The van der Waals surface area contributed by atoms with Crippen LogP contribution in [0.25, 0.3) is 0 Å². The maximum atomic E-state index is 12.5. The van der Waals surface area contributed by atoms with Gasteiger partial charge in [0.2, 0.25) is 5.78 Å². The molecule has 2 N–H and O–H groups in total. The average Bonchev–Trinajstić information content (AvgIpc) is 2.84. The topological polar surface area (TPSA) is 78.7 Å². The Morgan fingerprint density at radius 2 is 2.06 bits per heavy atom. The van der Waals surface area contributed by atoms with E-state index >= 15 is 0 Å². The number of aryl methyl sites for hydroxylation is 1. The van der Waals surface area contributed by atoms with Crippen LogP contribution >= 0.6 is 15.9 Å². The minimum Gasteiger partial charge on any atom is -0.383 e. The van der Waals surface area contributed by atoms with E-state index in [1.807, 2.05) is 13.8 Å². The van der Waals surface area contributed by atoms with Gasteiger partial charge in [0, 0.05) is 13.1 Å². The van der Waals surface area contributed by atoms with E-state index in [4.69, 9.17) is 5.73 Å². The van der Waals surface area contributed by atoms with Crippen molar-refractivity contribution in [3.05, 3.63) is 28.1 Å². The zero-order valence-electron chi connectivity index (χ0n) is 10.4. The zero-order valence-corrected chi connectivity index (χ0v) is 12.0. The van der Waals surface area contributed by atoms with Crippen LogP contribution < -0.4 is 5.73 Å². The van der Waals surface area contributed by atoms with E-state index < -0.39 is 0 Å². The third kappa shape index (κ3) is 1.94. The Kier molecular flexibility index (Phi) is 3.25. The molecule has 0 fully saturated rings. The number of aromatic nitrogens is 4. The van der Waals surface area contributed by atoms with Gasteiger partial charge in [0.1, 0.15) is 11.5 Å². The zero-order chi connectivity index (χ0) is 13.4. The molecule has 2 aromatic heterocycles. The Labute approximate surface area is 113 Å². The van der Waals surface area contributed by atoms with Crippen LogP contribution in [0.15, 0.2) is 16.9 Å². The summed E-state index contributed by atoms with van der Waals surface area (Å²) < 4.78 is 3.79. The lowest BCUT2D eigenvalue weighted by Gasteiger charge is -2.10. The van der Waals surface area contributed by atoms with Crippen molar-refractivity contribution in [2.75, 3.05) is 5.73 Å². The second kappa shape index (κ2) is 4.56. The molecule has 2 rings (SSSR count). The van der Waals surface area contributed by atoms with Gasteiger partial charge in [-0.05, 0) is 29.8 Å². The first-order chi connectivity index (χ1) is 8.43. The Morgan fingerprint density at radius 1 is 1.39 bits per heavy atom. The smallest absolute Gasteiger partial charge is 0.217 e. The molecule has 0 aliphatic rings. The van der Waals surface area contributed by atoms with Crippen LogP contribution in [0.3, 0.4) is 0 Å². The first kappa shape index (κ1) is 12.8. The lowest BCUT2D eigenvalue weighted by molar-refractivity contribution is 0.102. The number of nitrogen functional groups attached to an aromatic ring is 1. The van der Waals surface area contributed by atoms with E-state index in [9.17, 15) is 4.79 Å². The number of nitrogens with two attached hydrogens (primary N) is 1. The molecule has 6 nitrogen and oxygen atoms in total. The van der Waals surface area contributed by atoms with Crippen LogP contribution in [0.1, 0.15) is 35.9 Å². The van der Waals surface area contributed by atoms with Crippen molar-refractivity contribution < 1.29 is 4.79 Å². The molecule has 18 heavy (non-hydrogen) atoms. The number of nitrogens with zero attached hydrogens (tertiary/aromatic N) is 4. The lowest BCUT2D eigenvalue weighted by atomic mass is 10.1. The number of hydrogen-bond donors (Lipinski definition) is 1.